The molecule has 2 aromatic carbocycles. The van der Waals surface area contributed by atoms with E-state index < -0.39 is 0 Å². The Morgan fingerprint density at radius 3 is 2.63 bits per heavy atom. The maximum absolute atomic E-state index is 12.7. The van der Waals surface area contributed by atoms with Gasteiger partial charge in [0, 0.05) is 30.2 Å². The third-order valence-corrected chi connectivity index (χ3v) is 4.25. The summed E-state index contributed by atoms with van der Waals surface area (Å²) in [6, 6.07) is 17.4. The fraction of sp³-hybridized carbons (Fsp3) is 0.182. The van der Waals surface area contributed by atoms with Crippen molar-refractivity contribution in [3.63, 3.8) is 0 Å². The van der Waals surface area contributed by atoms with E-state index in [0.29, 0.717) is 17.0 Å². The van der Waals surface area contributed by atoms with Crippen molar-refractivity contribution < 1.29 is 9.53 Å². The van der Waals surface area contributed by atoms with Gasteiger partial charge in [0.25, 0.3) is 5.91 Å². The average molecular weight is 361 g/mol. The summed E-state index contributed by atoms with van der Waals surface area (Å²) < 4.78 is 5.20. The van der Waals surface area contributed by atoms with Crippen LogP contribution in [0.1, 0.15) is 22.8 Å². The summed E-state index contributed by atoms with van der Waals surface area (Å²) in [6.07, 6.45) is 3.34. The molecular weight excluding hydrogens is 338 g/mol. The zero-order chi connectivity index (χ0) is 19.2. The van der Waals surface area contributed by atoms with Crippen LogP contribution in [0.2, 0.25) is 0 Å². The number of rotatable bonds is 6. The number of amides is 1. The smallest absolute Gasteiger partial charge is 0.257 e. The number of anilines is 3. The fourth-order valence-electron chi connectivity index (χ4n) is 2.91. The molecule has 0 unspecified atom stereocenters. The minimum atomic E-state index is -0.210. The van der Waals surface area contributed by atoms with E-state index in [2.05, 4.69) is 47.2 Å². The zero-order valence-corrected chi connectivity index (χ0v) is 15.8. The topological polar surface area (TPSA) is 54.5 Å². The van der Waals surface area contributed by atoms with Gasteiger partial charge < -0.3 is 15.0 Å². The molecule has 1 N–H and O–H groups in total. The number of carbonyl (C=O) groups is 1. The van der Waals surface area contributed by atoms with E-state index in [1.54, 1.807) is 25.6 Å². The number of hydrogen-bond acceptors (Lipinski definition) is 4. The first-order chi connectivity index (χ1) is 13.1. The number of methoxy groups -OCH3 is 1. The lowest BCUT2D eigenvalue weighted by molar-refractivity contribution is 0.102. The Morgan fingerprint density at radius 2 is 1.89 bits per heavy atom. The third kappa shape index (κ3) is 4.44. The highest BCUT2D eigenvalue weighted by molar-refractivity contribution is 6.04. The van der Waals surface area contributed by atoms with Gasteiger partial charge in [-0.2, -0.15) is 0 Å². The number of pyridine rings is 1. The highest BCUT2D eigenvalue weighted by atomic mass is 16.5. The Bertz CT molecular complexity index is 940. The second-order valence-corrected chi connectivity index (χ2v) is 6.20. The Balaban J connectivity index is 1.84. The van der Waals surface area contributed by atoms with Gasteiger partial charge in [0.15, 0.2) is 0 Å². The number of nitrogens with one attached hydrogen (secondary N) is 1. The van der Waals surface area contributed by atoms with E-state index in [-0.39, 0.29) is 5.91 Å². The molecule has 0 spiro atoms. The molecule has 1 heterocycles. The molecule has 3 aromatic rings. The van der Waals surface area contributed by atoms with E-state index in [9.17, 15) is 4.79 Å². The Labute approximate surface area is 159 Å². The molecule has 5 heteroatoms. The quantitative estimate of drug-likeness (QED) is 0.685. The highest BCUT2D eigenvalue weighted by Crippen LogP contribution is 2.26. The van der Waals surface area contributed by atoms with Gasteiger partial charge in [-0.15, -0.1) is 0 Å². The van der Waals surface area contributed by atoms with Crippen LogP contribution in [0.3, 0.4) is 0 Å². The number of nitrogens with zero attached hydrogens (tertiary/aromatic N) is 2. The minimum Gasteiger partial charge on any atom is -0.497 e. The number of aromatic nitrogens is 1. The van der Waals surface area contributed by atoms with Gasteiger partial charge in [0.1, 0.15) is 5.75 Å². The predicted octanol–water partition coefficient (Wildman–Crippen LogP) is 4.81. The van der Waals surface area contributed by atoms with Crippen molar-refractivity contribution in [3.8, 4) is 5.75 Å². The van der Waals surface area contributed by atoms with Crippen LogP contribution in [0, 0.1) is 6.92 Å². The third-order valence-electron chi connectivity index (χ3n) is 4.25. The summed E-state index contributed by atoms with van der Waals surface area (Å²) in [5.41, 5.74) is 4.31. The summed E-state index contributed by atoms with van der Waals surface area (Å²) >= 11 is 0. The van der Waals surface area contributed by atoms with Crippen molar-refractivity contribution in [1.29, 1.82) is 0 Å². The maximum atomic E-state index is 12.7. The van der Waals surface area contributed by atoms with Gasteiger partial charge in [-0.3, -0.25) is 9.78 Å². The number of benzene rings is 2. The van der Waals surface area contributed by atoms with Gasteiger partial charge in [-0.05, 0) is 49.7 Å². The van der Waals surface area contributed by atoms with E-state index in [0.717, 1.165) is 17.9 Å². The van der Waals surface area contributed by atoms with Crippen molar-refractivity contribution in [1.82, 2.24) is 4.98 Å². The van der Waals surface area contributed by atoms with E-state index >= 15 is 0 Å². The molecule has 0 aliphatic heterocycles. The molecule has 3 rings (SSSR count). The Morgan fingerprint density at radius 1 is 1.07 bits per heavy atom. The number of carbonyl (C=O) groups excluding carboxylic acids is 1. The van der Waals surface area contributed by atoms with Gasteiger partial charge in [-0.25, -0.2) is 0 Å². The molecule has 0 aliphatic carbocycles. The van der Waals surface area contributed by atoms with Crippen LogP contribution in [-0.2, 0) is 0 Å². The maximum Gasteiger partial charge on any atom is 0.257 e. The normalized spacial score (nSPS) is 10.3. The molecule has 1 amide bonds. The zero-order valence-electron chi connectivity index (χ0n) is 15.8. The average Bonchev–Trinajstić information content (AvgIpc) is 2.69. The molecular formula is C22H23N3O2. The number of hydrogen-bond donors (Lipinski definition) is 1. The molecule has 0 saturated heterocycles. The van der Waals surface area contributed by atoms with Crippen LogP contribution in [0.25, 0.3) is 0 Å². The molecule has 5 nitrogen and oxygen atoms in total. The van der Waals surface area contributed by atoms with Crippen LogP contribution in [0.15, 0.2) is 67.0 Å². The molecule has 0 radical (unpaired) electrons. The molecule has 0 bridgehead atoms. The lowest BCUT2D eigenvalue weighted by Gasteiger charge is -2.23. The van der Waals surface area contributed by atoms with Crippen molar-refractivity contribution in [2.45, 2.75) is 13.8 Å². The lowest BCUT2D eigenvalue weighted by Crippen LogP contribution is -2.18. The summed E-state index contributed by atoms with van der Waals surface area (Å²) in [6.45, 7) is 4.91. The standard InChI is InChI=1S/C22H23N3O2/c1-4-25(19-9-5-7-16(2)11-19)20-12-17(14-23-15-20)22(26)24-18-8-6-10-21(13-18)27-3/h5-15H,4H2,1-3H3,(H,24,26). The fourth-order valence-corrected chi connectivity index (χ4v) is 2.91. The largest absolute Gasteiger partial charge is 0.497 e. The summed E-state index contributed by atoms with van der Waals surface area (Å²) in [4.78, 5) is 19.1. The number of ether oxygens (including phenoxy) is 1. The van der Waals surface area contributed by atoms with Gasteiger partial charge in [0.2, 0.25) is 0 Å². The first-order valence-corrected chi connectivity index (χ1v) is 8.85. The van der Waals surface area contributed by atoms with Crippen LogP contribution in [-0.4, -0.2) is 24.5 Å². The molecule has 27 heavy (non-hydrogen) atoms. The second kappa shape index (κ2) is 8.36. The van der Waals surface area contributed by atoms with E-state index in [1.165, 1.54) is 5.56 Å². The molecule has 0 atom stereocenters. The SMILES string of the molecule is CCN(c1cccc(C)c1)c1cncc(C(=O)Nc2cccc(OC)c2)c1. The Kier molecular flexibility index (Phi) is 5.71. The van der Waals surface area contributed by atoms with Crippen molar-refractivity contribution >= 4 is 23.0 Å². The van der Waals surface area contributed by atoms with Crippen molar-refractivity contribution in [2.24, 2.45) is 0 Å². The van der Waals surface area contributed by atoms with Crippen LogP contribution < -0.4 is 15.0 Å². The molecule has 0 fully saturated rings. The summed E-state index contributed by atoms with van der Waals surface area (Å²) in [5, 5.41) is 2.89. The lowest BCUT2D eigenvalue weighted by atomic mass is 10.1. The Hall–Kier alpha value is -3.34. The van der Waals surface area contributed by atoms with Gasteiger partial charge >= 0.3 is 0 Å². The summed E-state index contributed by atoms with van der Waals surface area (Å²) in [7, 11) is 1.60. The van der Waals surface area contributed by atoms with Crippen LogP contribution in [0.4, 0.5) is 17.1 Å². The van der Waals surface area contributed by atoms with E-state index in [1.807, 2.05) is 30.3 Å². The first-order valence-electron chi connectivity index (χ1n) is 8.85. The minimum absolute atomic E-state index is 0.210. The molecule has 1 aromatic heterocycles. The predicted molar refractivity (Wildman–Crippen MR) is 109 cm³/mol. The van der Waals surface area contributed by atoms with Crippen LogP contribution >= 0.6 is 0 Å². The summed E-state index contributed by atoms with van der Waals surface area (Å²) in [5.74, 6) is 0.481. The number of aryl methyl sites for hydroxylation is 1. The molecule has 0 aliphatic rings. The van der Waals surface area contributed by atoms with Crippen molar-refractivity contribution in [3.05, 3.63) is 78.1 Å². The monoisotopic (exact) mass is 361 g/mol. The van der Waals surface area contributed by atoms with E-state index in [4.69, 9.17) is 4.74 Å². The van der Waals surface area contributed by atoms with Crippen LogP contribution in [0.5, 0.6) is 5.75 Å². The first kappa shape index (κ1) is 18.5. The van der Waals surface area contributed by atoms with Gasteiger partial charge in [0.05, 0.1) is 24.6 Å². The van der Waals surface area contributed by atoms with Gasteiger partial charge in [-0.1, -0.05) is 18.2 Å². The highest BCUT2D eigenvalue weighted by Gasteiger charge is 2.12. The van der Waals surface area contributed by atoms with Crippen molar-refractivity contribution in [2.75, 3.05) is 23.9 Å². The molecule has 0 saturated carbocycles. The molecule has 138 valence electrons. The second-order valence-electron chi connectivity index (χ2n) is 6.20.